The van der Waals surface area contributed by atoms with E-state index in [2.05, 4.69) is 36.9 Å². The number of anilines is 1. The summed E-state index contributed by atoms with van der Waals surface area (Å²) in [5.41, 5.74) is 4.22. The Hall–Kier alpha value is -2.02. The van der Waals surface area contributed by atoms with Crippen molar-refractivity contribution in [2.75, 3.05) is 18.0 Å². The molecule has 1 nitrogen and oxygen atoms in total. The molecule has 0 bridgehead atoms. The number of benzene rings is 2. The van der Waals surface area contributed by atoms with Crippen LogP contribution in [-0.2, 0) is 0 Å². The van der Waals surface area contributed by atoms with E-state index in [0.29, 0.717) is 0 Å². The molecule has 0 aromatic heterocycles. The third kappa shape index (κ3) is 2.87. The van der Waals surface area contributed by atoms with Gasteiger partial charge in [-0.15, -0.1) is 0 Å². The van der Waals surface area contributed by atoms with Gasteiger partial charge < -0.3 is 4.90 Å². The summed E-state index contributed by atoms with van der Waals surface area (Å²) in [6.45, 7) is 12.6. The second-order valence-corrected chi connectivity index (χ2v) is 4.47. The average Bonchev–Trinajstić information content (AvgIpc) is 2.49. The highest BCUT2D eigenvalue weighted by Gasteiger charge is 2.11. The summed E-state index contributed by atoms with van der Waals surface area (Å²) in [6.07, 6.45) is 0. The molecule has 2 rings (SSSR count). The molecule has 0 aliphatic rings. The van der Waals surface area contributed by atoms with Gasteiger partial charge in [0.25, 0.3) is 0 Å². The van der Waals surface area contributed by atoms with Gasteiger partial charge in [-0.1, -0.05) is 55.1 Å². The van der Waals surface area contributed by atoms with E-state index in [4.69, 9.17) is 6.58 Å². The van der Waals surface area contributed by atoms with Gasteiger partial charge in [0.15, 0.2) is 0 Å². The van der Waals surface area contributed by atoms with Crippen LogP contribution >= 0.6 is 0 Å². The van der Waals surface area contributed by atoms with Crippen LogP contribution < -0.4 is 4.90 Å². The summed E-state index contributed by atoms with van der Waals surface area (Å²) in [5.74, 6) is 0. The highest BCUT2D eigenvalue weighted by Crippen LogP contribution is 2.30. The van der Waals surface area contributed by atoms with E-state index in [1.165, 1.54) is 5.69 Å². The number of rotatable bonds is 5. The summed E-state index contributed by atoms with van der Waals surface area (Å²) in [5, 5.41) is 0. The van der Waals surface area contributed by atoms with Gasteiger partial charge in [-0.3, -0.25) is 0 Å². The minimum Gasteiger partial charge on any atom is -0.372 e. The average molecular weight is 250 g/mol. The normalized spacial score (nSPS) is 10.2. The van der Waals surface area contributed by atoms with E-state index in [1.807, 2.05) is 36.4 Å². The van der Waals surface area contributed by atoms with Crippen LogP contribution in [-0.4, -0.2) is 13.1 Å². The van der Waals surface area contributed by atoms with Crippen molar-refractivity contribution in [1.82, 2.24) is 0 Å². The fourth-order valence-corrected chi connectivity index (χ4v) is 2.31. The lowest BCUT2D eigenvalue weighted by Crippen LogP contribution is -2.22. The molecule has 2 aromatic carbocycles. The Labute approximate surface area is 116 Å². The Morgan fingerprint density at radius 3 is 2.11 bits per heavy atom. The first-order chi connectivity index (χ1) is 9.27. The van der Waals surface area contributed by atoms with E-state index < -0.39 is 0 Å². The van der Waals surface area contributed by atoms with Crippen molar-refractivity contribution in [3.8, 4) is 0 Å². The van der Waals surface area contributed by atoms with Crippen LogP contribution in [0.1, 0.15) is 25.0 Å². The van der Waals surface area contributed by atoms with Crippen LogP contribution in [0, 0.1) is 6.58 Å². The third-order valence-electron chi connectivity index (χ3n) is 3.38. The molecule has 0 spiro atoms. The molecule has 19 heavy (non-hydrogen) atoms. The lowest BCUT2D eigenvalue weighted by Gasteiger charge is -2.24. The van der Waals surface area contributed by atoms with Crippen LogP contribution in [0.3, 0.4) is 0 Å². The van der Waals surface area contributed by atoms with Crippen LogP contribution in [0.15, 0.2) is 54.6 Å². The van der Waals surface area contributed by atoms with E-state index in [1.54, 1.807) is 0 Å². The van der Waals surface area contributed by atoms with Gasteiger partial charge in [-0.25, -0.2) is 0 Å². The predicted octanol–water partition coefficient (Wildman–Crippen LogP) is 4.40. The summed E-state index contributed by atoms with van der Waals surface area (Å²) < 4.78 is 0. The first-order valence-corrected chi connectivity index (χ1v) is 6.80. The van der Waals surface area contributed by atoms with Crippen molar-refractivity contribution in [2.24, 2.45) is 0 Å². The standard InChI is InChI=1S/C18H20N/c1-4-19(5-2)18-14-10-9-13-17(18)15(3)16-11-7-6-8-12-16/h3,6-14H,4-5H2,1-2H3. The van der Waals surface area contributed by atoms with Gasteiger partial charge in [0.05, 0.1) is 0 Å². The van der Waals surface area contributed by atoms with Crippen molar-refractivity contribution in [2.45, 2.75) is 13.8 Å². The van der Waals surface area contributed by atoms with E-state index >= 15 is 0 Å². The zero-order chi connectivity index (χ0) is 13.7. The Morgan fingerprint density at radius 2 is 1.47 bits per heavy atom. The molecule has 0 saturated carbocycles. The maximum Gasteiger partial charge on any atom is 0.0445 e. The largest absolute Gasteiger partial charge is 0.372 e. The summed E-state index contributed by atoms with van der Waals surface area (Å²) >= 11 is 0. The molecule has 0 amide bonds. The fourth-order valence-electron chi connectivity index (χ4n) is 2.31. The van der Waals surface area contributed by atoms with E-state index in [-0.39, 0.29) is 0 Å². The minimum absolute atomic E-state index is 0.836. The Kier molecular flexibility index (Phi) is 4.40. The summed E-state index contributed by atoms with van der Waals surface area (Å²) in [4.78, 5) is 2.32. The monoisotopic (exact) mass is 250 g/mol. The maximum atomic E-state index is 6.35. The molecule has 0 aliphatic heterocycles. The Bertz CT molecular complexity index is 539. The van der Waals surface area contributed by atoms with Crippen LogP contribution in [0.5, 0.6) is 0 Å². The van der Waals surface area contributed by atoms with Crippen molar-refractivity contribution < 1.29 is 0 Å². The molecule has 0 unspecified atom stereocenters. The molecule has 0 saturated heterocycles. The zero-order valence-corrected chi connectivity index (χ0v) is 11.6. The SMILES string of the molecule is [CH]=C(c1ccccc1)c1ccccc1N(CC)CC. The first kappa shape index (κ1) is 13.4. The number of hydrogen-bond donors (Lipinski definition) is 0. The van der Waals surface area contributed by atoms with Gasteiger partial charge in [-0.2, -0.15) is 0 Å². The molecule has 2 aromatic rings. The van der Waals surface area contributed by atoms with Crippen LogP contribution in [0.2, 0.25) is 0 Å². The van der Waals surface area contributed by atoms with Crippen molar-refractivity contribution in [3.05, 3.63) is 72.3 Å². The fraction of sp³-hybridized carbons (Fsp3) is 0.222. The van der Waals surface area contributed by atoms with Crippen molar-refractivity contribution in [3.63, 3.8) is 0 Å². The predicted molar refractivity (Wildman–Crippen MR) is 83.3 cm³/mol. The molecule has 0 heterocycles. The number of hydrogen-bond acceptors (Lipinski definition) is 1. The molecule has 1 heteroatoms. The third-order valence-corrected chi connectivity index (χ3v) is 3.38. The van der Waals surface area contributed by atoms with E-state index in [0.717, 1.165) is 29.8 Å². The Morgan fingerprint density at radius 1 is 0.895 bits per heavy atom. The van der Waals surface area contributed by atoms with Crippen molar-refractivity contribution >= 4 is 11.3 Å². The van der Waals surface area contributed by atoms with Gasteiger partial charge in [-0.05, 0) is 31.1 Å². The molecular weight excluding hydrogens is 230 g/mol. The molecule has 0 aliphatic carbocycles. The quantitative estimate of drug-likeness (QED) is 0.760. The van der Waals surface area contributed by atoms with Crippen LogP contribution in [0.4, 0.5) is 5.69 Å². The van der Waals surface area contributed by atoms with Gasteiger partial charge >= 0.3 is 0 Å². The lowest BCUT2D eigenvalue weighted by atomic mass is 9.97. The second kappa shape index (κ2) is 6.24. The zero-order valence-electron chi connectivity index (χ0n) is 11.6. The molecule has 0 atom stereocenters. The molecule has 0 N–H and O–H groups in total. The Balaban J connectivity index is 2.43. The molecule has 97 valence electrons. The minimum atomic E-state index is 0.836. The summed E-state index contributed by atoms with van der Waals surface area (Å²) in [6, 6.07) is 18.5. The number of para-hydroxylation sites is 1. The molecular formula is C18H20N. The highest BCUT2D eigenvalue weighted by molar-refractivity contribution is 5.84. The highest BCUT2D eigenvalue weighted by atomic mass is 15.1. The topological polar surface area (TPSA) is 3.24 Å². The van der Waals surface area contributed by atoms with Crippen LogP contribution in [0.25, 0.3) is 5.57 Å². The smallest absolute Gasteiger partial charge is 0.0445 e. The van der Waals surface area contributed by atoms with Gasteiger partial charge in [0.1, 0.15) is 0 Å². The lowest BCUT2D eigenvalue weighted by molar-refractivity contribution is 0.865. The van der Waals surface area contributed by atoms with Gasteiger partial charge in [0, 0.05) is 24.3 Å². The molecule has 1 radical (unpaired) electrons. The summed E-state index contributed by atoms with van der Waals surface area (Å²) in [7, 11) is 0. The maximum absolute atomic E-state index is 6.35. The second-order valence-electron chi connectivity index (χ2n) is 4.47. The van der Waals surface area contributed by atoms with E-state index in [9.17, 15) is 0 Å². The number of nitrogens with zero attached hydrogens (tertiary/aromatic N) is 1. The van der Waals surface area contributed by atoms with Gasteiger partial charge in [0.2, 0.25) is 0 Å². The first-order valence-electron chi connectivity index (χ1n) is 6.80. The molecule has 0 fully saturated rings. The van der Waals surface area contributed by atoms with Crippen molar-refractivity contribution in [1.29, 1.82) is 0 Å².